The average molecular weight is 292 g/mol. The van der Waals surface area contributed by atoms with Gasteiger partial charge in [-0.15, -0.1) is 0 Å². The summed E-state index contributed by atoms with van der Waals surface area (Å²) in [4.78, 5) is 19.5. The van der Waals surface area contributed by atoms with E-state index in [4.69, 9.17) is 5.84 Å². The fourth-order valence-corrected chi connectivity index (χ4v) is 1.80. The number of hydrogen-bond acceptors (Lipinski definition) is 7. The molecule has 0 aliphatic rings. The Kier molecular flexibility index (Phi) is 4.24. The Morgan fingerprint density at radius 3 is 2.81 bits per heavy atom. The smallest absolute Gasteiger partial charge is 0.329 e. The Bertz CT molecular complexity index is 666. The molecule has 0 atom stereocenters. The summed E-state index contributed by atoms with van der Waals surface area (Å²) in [5.41, 5.74) is 2.33. The Labute approximate surface area is 119 Å². The van der Waals surface area contributed by atoms with Gasteiger partial charge in [-0.05, 0) is 6.07 Å². The van der Waals surface area contributed by atoms with Crippen LogP contribution >= 0.6 is 0 Å². The molecule has 1 aromatic heterocycles. The summed E-state index contributed by atoms with van der Waals surface area (Å²) in [6, 6.07) is 6.18. The van der Waals surface area contributed by atoms with E-state index in [-0.39, 0.29) is 24.0 Å². The lowest BCUT2D eigenvalue weighted by atomic mass is 10.2. The summed E-state index contributed by atoms with van der Waals surface area (Å²) in [6.07, 6.45) is 1.05. The van der Waals surface area contributed by atoms with Crippen LogP contribution in [0.1, 0.15) is 5.56 Å². The second-order valence-corrected chi connectivity index (χ2v) is 4.25. The number of nitrogen functional groups attached to an aromatic ring is 1. The van der Waals surface area contributed by atoms with Crippen molar-refractivity contribution in [1.82, 2.24) is 9.97 Å². The van der Waals surface area contributed by atoms with Crippen molar-refractivity contribution in [3.05, 3.63) is 52.0 Å². The van der Waals surface area contributed by atoms with Crippen LogP contribution < -0.4 is 16.2 Å². The summed E-state index contributed by atoms with van der Waals surface area (Å²) < 4.78 is 13.6. The normalized spacial score (nSPS) is 10.2. The highest BCUT2D eigenvalue weighted by Crippen LogP contribution is 2.26. The van der Waals surface area contributed by atoms with E-state index in [9.17, 15) is 14.5 Å². The first-order chi connectivity index (χ1) is 10.0. The maximum Gasteiger partial charge on any atom is 0.329 e. The van der Waals surface area contributed by atoms with Crippen molar-refractivity contribution in [1.29, 1.82) is 0 Å². The minimum absolute atomic E-state index is 0.0379. The van der Waals surface area contributed by atoms with Gasteiger partial charge in [0.05, 0.1) is 4.92 Å². The predicted molar refractivity (Wildman–Crippen MR) is 75.0 cm³/mol. The highest BCUT2D eigenvalue weighted by atomic mass is 19.1. The lowest BCUT2D eigenvalue weighted by Crippen LogP contribution is -2.21. The molecule has 1 heterocycles. The number of nitrogens with two attached hydrogens (primary N) is 1. The van der Waals surface area contributed by atoms with Crippen LogP contribution in [0.4, 0.5) is 21.8 Å². The van der Waals surface area contributed by atoms with Gasteiger partial charge in [-0.1, -0.05) is 18.2 Å². The third-order valence-corrected chi connectivity index (χ3v) is 2.80. The molecule has 0 saturated heterocycles. The number of benzene rings is 1. The number of nitrogens with one attached hydrogen (secondary N) is 1. The SMILES string of the molecule is CN(Cc1ccccc1F)c1nc(NN)ncc1[N+](=O)[O-]. The minimum Gasteiger partial charge on any atom is -0.349 e. The van der Waals surface area contributed by atoms with E-state index in [1.165, 1.54) is 11.0 Å². The molecule has 3 N–H and O–H groups in total. The van der Waals surface area contributed by atoms with Crippen LogP contribution in [0.3, 0.4) is 0 Å². The molecule has 1 aromatic carbocycles. The highest BCUT2D eigenvalue weighted by Gasteiger charge is 2.21. The Balaban J connectivity index is 2.35. The fraction of sp³-hybridized carbons (Fsp3) is 0.167. The molecule has 110 valence electrons. The Morgan fingerprint density at radius 1 is 1.48 bits per heavy atom. The van der Waals surface area contributed by atoms with Crippen LogP contribution in [0, 0.1) is 15.9 Å². The monoisotopic (exact) mass is 292 g/mol. The molecule has 0 unspecified atom stereocenters. The van der Waals surface area contributed by atoms with Crippen molar-refractivity contribution in [2.45, 2.75) is 6.54 Å². The van der Waals surface area contributed by atoms with E-state index in [2.05, 4.69) is 15.4 Å². The lowest BCUT2D eigenvalue weighted by Gasteiger charge is -2.18. The first-order valence-electron chi connectivity index (χ1n) is 5.95. The molecular weight excluding hydrogens is 279 g/mol. The maximum absolute atomic E-state index is 13.6. The largest absolute Gasteiger partial charge is 0.349 e. The lowest BCUT2D eigenvalue weighted by molar-refractivity contribution is -0.384. The molecule has 0 spiro atoms. The molecule has 2 rings (SSSR count). The van der Waals surface area contributed by atoms with Gasteiger partial charge in [0, 0.05) is 19.2 Å². The number of halogens is 1. The van der Waals surface area contributed by atoms with Gasteiger partial charge in [-0.25, -0.2) is 15.2 Å². The number of hydrogen-bond donors (Lipinski definition) is 2. The van der Waals surface area contributed by atoms with Crippen molar-refractivity contribution in [3.63, 3.8) is 0 Å². The van der Waals surface area contributed by atoms with Gasteiger partial charge in [0.25, 0.3) is 0 Å². The van der Waals surface area contributed by atoms with Crippen LogP contribution in [0.15, 0.2) is 30.5 Å². The number of nitro groups is 1. The number of aromatic nitrogens is 2. The average Bonchev–Trinajstić information content (AvgIpc) is 2.48. The van der Waals surface area contributed by atoms with E-state index in [0.717, 1.165) is 6.20 Å². The highest BCUT2D eigenvalue weighted by molar-refractivity contribution is 5.58. The summed E-state index contributed by atoms with van der Waals surface area (Å²) in [5.74, 6) is 4.89. The van der Waals surface area contributed by atoms with Gasteiger partial charge in [-0.2, -0.15) is 4.98 Å². The number of nitrogens with zero attached hydrogens (tertiary/aromatic N) is 4. The third-order valence-electron chi connectivity index (χ3n) is 2.80. The minimum atomic E-state index is -0.604. The van der Waals surface area contributed by atoms with E-state index in [1.54, 1.807) is 25.2 Å². The van der Waals surface area contributed by atoms with Crippen molar-refractivity contribution < 1.29 is 9.31 Å². The first kappa shape index (κ1) is 14.6. The summed E-state index contributed by atoms with van der Waals surface area (Å²) in [7, 11) is 1.57. The van der Waals surface area contributed by atoms with Crippen molar-refractivity contribution in [3.8, 4) is 0 Å². The molecule has 0 radical (unpaired) electrons. The molecule has 0 aliphatic carbocycles. The predicted octanol–water partition coefficient (Wildman–Crippen LogP) is 1.45. The van der Waals surface area contributed by atoms with Crippen molar-refractivity contribution in [2.24, 2.45) is 5.84 Å². The third kappa shape index (κ3) is 3.20. The van der Waals surface area contributed by atoms with E-state index < -0.39 is 10.7 Å². The van der Waals surface area contributed by atoms with Gasteiger partial charge in [0.15, 0.2) is 0 Å². The van der Waals surface area contributed by atoms with Crippen molar-refractivity contribution >= 4 is 17.5 Å². The van der Waals surface area contributed by atoms with Gasteiger partial charge < -0.3 is 4.90 Å². The van der Waals surface area contributed by atoms with Gasteiger partial charge in [-0.3, -0.25) is 15.5 Å². The molecule has 8 nitrogen and oxygen atoms in total. The molecule has 9 heteroatoms. The zero-order valence-corrected chi connectivity index (χ0v) is 11.2. The molecule has 0 saturated carbocycles. The molecule has 2 aromatic rings. The van der Waals surface area contributed by atoms with Crippen LogP contribution in [0.5, 0.6) is 0 Å². The standard InChI is InChI=1S/C12H13FN6O2/c1-18(7-8-4-2-3-5-9(8)13)11-10(19(20)21)6-15-12(16-11)17-14/h2-6H,7,14H2,1H3,(H,15,16,17). The number of rotatable bonds is 5. The van der Waals surface area contributed by atoms with Gasteiger partial charge >= 0.3 is 5.69 Å². The van der Waals surface area contributed by atoms with Gasteiger partial charge in [0.2, 0.25) is 11.8 Å². The van der Waals surface area contributed by atoms with Crippen LogP contribution in [-0.4, -0.2) is 21.9 Å². The van der Waals surface area contributed by atoms with Crippen LogP contribution in [0.2, 0.25) is 0 Å². The topological polar surface area (TPSA) is 110 Å². The summed E-state index contributed by atoms with van der Waals surface area (Å²) in [5, 5.41) is 11.0. The molecule has 21 heavy (non-hydrogen) atoms. The number of hydrazine groups is 1. The first-order valence-corrected chi connectivity index (χ1v) is 5.95. The Hall–Kier alpha value is -2.81. The van der Waals surface area contributed by atoms with Gasteiger partial charge in [0.1, 0.15) is 12.0 Å². The second kappa shape index (κ2) is 6.09. The summed E-state index contributed by atoms with van der Waals surface area (Å²) >= 11 is 0. The fourth-order valence-electron chi connectivity index (χ4n) is 1.80. The van der Waals surface area contributed by atoms with E-state index in [0.29, 0.717) is 5.56 Å². The van der Waals surface area contributed by atoms with Crippen LogP contribution in [-0.2, 0) is 6.54 Å². The molecule has 0 fully saturated rings. The molecule has 0 amide bonds. The second-order valence-electron chi connectivity index (χ2n) is 4.25. The summed E-state index contributed by atoms with van der Waals surface area (Å²) in [6.45, 7) is 0.120. The van der Waals surface area contributed by atoms with E-state index >= 15 is 0 Å². The quantitative estimate of drug-likeness (QED) is 0.487. The van der Waals surface area contributed by atoms with Crippen LogP contribution in [0.25, 0.3) is 0 Å². The number of anilines is 2. The van der Waals surface area contributed by atoms with E-state index in [1.807, 2.05) is 0 Å². The van der Waals surface area contributed by atoms with Crippen molar-refractivity contribution in [2.75, 3.05) is 17.4 Å². The molecule has 0 aliphatic heterocycles. The maximum atomic E-state index is 13.6. The Morgan fingerprint density at radius 2 is 2.19 bits per heavy atom. The molecule has 0 bridgehead atoms. The zero-order valence-electron chi connectivity index (χ0n) is 11.2. The zero-order chi connectivity index (χ0) is 15.4. The molecular formula is C12H13FN6O2.